The van der Waals surface area contributed by atoms with Crippen LogP contribution in [0.25, 0.3) is 33.5 Å². The largest absolute Gasteiger partial charge is 0.366 e. The minimum atomic E-state index is -0.424. The number of H-pyrrole nitrogens is 1. The highest BCUT2D eigenvalue weighted by Gasteiger charge is 2.07. The van der Waals surface area contributed by atoms with Crippen LogP contribution in [0.15, 0.2) is 66.7 Å². The van der Waals surface area contributed by atoms with Gasteiger partial charge in [-0.15, -0.1) is 0 Å². The van der Waals surface area contributed by atoms with Crippen molar-refractivity contribution in [3.8, 4) is 22.5 Å². The van der Waals surface area contributed by atoms with Crippen LogP contribution >= 0.6 is 11.6 Å². The maximum atomic E-state index is 11.1. The number of carbonyl (C=O) groups is 1. The number of nitrogens with zero attached hydrogens (tertiary/aromatic N) is 1. The smallest absolute Gasteiger partial charge is 0.248 e. The number of halogens is 1. The molecule has 0 atom stereocenters. The molecule has 0 fully saturated rings. The van der Waals surface area contributed by atoms with E-state index in [0.29, 0.717) is 10.6 Å². The number of aromatic nitrogens is 2. The molecule has 0 radical (unpaired) electrons. The molecule has 1 amide bonds. The zero-order valence-corrected chi connectivity index (χ0v) is 13.9. The number of carbonyl (C=O) groups excluding carboxylic acids is 1. The first-order valence-corrected chi connectivity index (χ1v) is 8.14. The van der Waals surface area contributed by atoms with Crippen molar-refractivity contribution in [1.82, 2.24) is 9.97 Å². The van der Waals surface area contributed by atoms with Crippen LogP contribution in [0.2, 0.25) is 5.02 Å². The van der Waals surface area contributed by atoms with Gasteiger partial charge in [0.25, 0.3) is 0 Å². The third-order valence-electron chi connectivity index (χ3n) is 4.11. The Morgan fingerprint density at radius 2 is 1.48 bits per heavy atom. The molecule has 122 valence electrons. The van der Waals surface area contributed by atoms with Crippen molar-refractivity contribution in [2.45, 2.75) is 0 Å². The maximum absolute atomic E-state index is 11.1. The highest BCUT2D eigenvalue weighted by atomic mass is 35.5. The third-order valence-corrected chi connectivity index (χ3v) is 4.34. The molecule has 1 aromatic heterocycles. The van der Waals surface area contributed by atoms with Gasteiger partial charge in [-0.1, -0.05) is 48.0 Å². The Hall–Kier alpha value is -3.11. The molecular weight excluding hydrogens is 334 g/mol. The Labute approximate surface area is 149 Å². The van der Waals surface area contributed by atoms with Crippen LogP contribution < -0.4 is 5.73 Å². The normalized spacial score (nSPS) is 10.9. The Morgan fingerprint density at radius 1 is 0.880 bits per heavy atom. The van der Waals surface area contributed by atoms with Gasteiger partial charge in [0.2, 0.25) is 5.91 Å². The fraction of sp³-hybridized carbons (Fsp3) is 0. The Bertz CT molecular complexity index is 1070. The number of aromatic amines is 1. The molecule has 25 heavy (non-hydrogen) atoms. The second-order valence-corrected chi connectivity index (χ2v) is 6.20. The molecule has 4 aromatic rings. The SMILES string of the molecule is NC(=O)c1ccc(-c2ccc(-c3nc4cc(Cl)ccc4[nH]3)cc2)cc1. The molecule has 4 nitrogen and oxygen atoms in total. The average Bonchev–Trinajstić information content (AvgIpc) is 3.05. The molecule has 0 aliphatic rings. The summed E-state index contributed by atoms with van der Waals surface area (Å²) in [6, 6.07) is 20.9. The molecule has 4 rings (SSSR count). The first-order valence-electron chi connectivity index (χ1n) is 7.76. The summed E-state index contributed by atoms with van der Waals surface area (Å²) in [6.07, 6.45) is 0. The molecule has 3 aromatic carbocycles. The van der Waals surface area contributed by atoms with Crippen molar-refractivity contribution in [3.63, 3.8) is 0 Å². The van der Waals surface area contributed by atoms with Crippen LogP contribution in [-0.4, -0.2) is 15.9 Å². The molecule has 5 heteroatoms. The van der Waals surface area contributed by atoms with E-state index < -0.39 is 5.91 Å². The molecule has 0 bridgehead atoms. The van der Waals surface area contributed by atoms with Gasteiger partial charge in [-0.3, -0.25) is 4.79 Å². The van der Waals surface area contributed by atoms with E-state index in [1.165, 1.54) is 0 Å². The molecule has 3 N–H and O–H groups in total. The summed E-state index contributed by atoms with van der Waals surface area (Å²) in [7, 11) is 0. The zero-order valence-electron chi connectivity index (χ0n) is 13.2. The number of fused-ring (bicyclic) bond motifs is 1. The van der Waals surface area contributed by atoms with E-state index in [2.05, 4.69) is 9.97 Å². The van der Waals surface area contributed by atoms with Crippen molar-refractivity contribution < 1.29 is 4.79 Å². The lowest BCUT2D eigenvalue weighted by molar-refractivity contribution is 0.100. The summed E-state index contributed by atoms with van der Waals surface area (Å²) >= 11 is 6.01. The lowest BCUT2D eigenvalue weighted by Gasteiger charge is -2.04. The number of nitrogens with two attached hydrogens (primary N) is 1. The predicted molar refractivity (Wildman–Crippen MR) is 100 cm³/mol. The van der Waals surface area contributed by atoms with E-state index in [4.69, 9.17) is 17.3 Å². The van der Waals surface area contributed by atoms with E-state index in [-0.39, 0.29) is 0 Å². The van der Waals surface area contributed by atoms with Gasteiger partial charge in [-0.2, -0.15) is 0 Å². The Balaban J connectivity index is 1.65. The standard InChI is InChI=1S/C20H14ClN3O/c21-16-9-10-17-18(11-16)24-20(23-17)15-7-3-13(4-8-15)12-1-5-14(6-2-12)19(22)25/h1-11H,(H2,22,25)(H,23,24). The van der Waals surface area contributed by atoms with Gasteiger partial charge in [-0.05, 0) is 41.5 Å². The lowest BCUT2D eigenvalue weighted by Crippen LogP contribution is -2.10. The monoisotopic (exact) mass is 347 g/mol. The van der Waals surface area contributed by atoms with Crippen LogP contribution in [0.5, 0.6) is 0 Å². The maximum Gasteiger partial charge on any atom is 0.248 e. The van der Waals surface area contributed by atoms with Gasteiger partial charge in [-0.25, -0.2) is 4.98 Å². The summed E-state index contributed by atoms with van der Waals surface area (Å²) in [5, 5.41) is 0.667. The second kappa shape index (κ2) is 6.07. The van der Waals surface area contributed by atoms with E-state index in [0.717, 1.165) is 33.5 Å². The summed E-state index contributed by atoms with van der Waals surface area (Å²) in [4.78, 5) is 19.0. The average molecular weight is 348 g/mol. The Kier molecular flexibility index (Phi) is 3.75. The molecule has 0 saturated carbocycles. The van der Waals surface area contributed by atoms with Crippen molar-refractivity contribution in [2.75, 3.05) is 0 Å². The first kappa shape index (κ1) is 15.4. The topological polar surface area (TPSA) is 71.8 Å². The number of nitrogens with one attached hydrogen (secondary N) is 1. The van der Waals surface area contributed by atoms with Crippen LogP contribution in [-0.2, 0) is 0 Å². The van der Waals surface area contributed by atoms with Gasteiger partial charge in [0.05, 0.1) is 11.0 Å². The summed E-state index contributed by atoms with van der Waals surface area (Å²) in [5.74, 6) is 0.375. The van der Waals surface area contributed by atoms with Gasteiger partial charge in [0.1, 0.15) is 5.82 Å². The minimum Gasteiger partial charge on any atom is -0.366 e. The van der Waals surface area contributed by atoms with Crippen molar-refractivity contribution in [1.29, 1.82) is 0 Å². The van der Waals surface area contributed by atoms with Gasteiger partial charge < -0.3 is 10.7 Å². The molecule has 0 spiro atoms. The molecule has 0 saturated heterocycles. The van der Waals surface area contributed by atoms with Gasteiger partial charge >= 0.3 is 0 Å². The minimum absolute atomic E-state index is 0.424. The highest BCUT2D eigenvalue weighted by Crippen LogP contribution is 2.26. The molecule has 0 aliphatic heterocycles. The molecule has 0 unspecified atom stereocenters. The summed E-state index contributed by atoms with van der Waals surface area (Å²) in [5.41, 5.74) is 10.6. The zero-order chi connectivity index (χ0) is 17.4. The van der Waals surface area contributed by atoms with Gasteiger partial charge in [0, 0.05) is 16.1 Å². The number of hydrogen-bond donors (Lipinski definition) is 2. The fourth-order valence-corrected chi connectivity index (χ4v) is 2.93. The number of amides is 1. The van der Waals surface area contributed by atoms with Crippen molar-refractivity contribution >= 4 is 28.5 Å². The molecule has 0 aliphatic carbocycles. The van der Waals surface area contributed by atoms with Crippen LogP contribution in [0.4, 0.5) is 0 Å². The number of benzene rings is 3. The molecule has 1 heterocycles. The van der Waals surface area contributed by atoms with Crippen LogP contribution in [0, 0.1) is 0 Å². The predicted octanol–water partition coefficient (Wildman–Crippen LogP) is 4.65. The first-order chi connectivity index (χ1) is 12.1. The van der Waals surface area contributed by atoms with Crippen LogP contribution in [0.3, 0.4) is 0 Å². The number of imidazole rings is 1. The highest BCUT2D eigenvalue weighted by molar-refractivity contribution is 6.31. The van der Waals surface area contributed by atoms with E-state index in [9.17, 15) is 4.79 Å². The fourth-order valence-electron chi connectivity index (χ4n) is 2.76. The number of hydrogen-bond acceptors (Lipinski definition) is 2. The van der Waals surface area contributed by atoms with E-state index >= 15 is 0 Å². The van der Waals surface area contributed by atoms with Crippen LogP contribution in [0.1, 0.15) is 10.4 Å². The number of rotatable bonds is 3. The Morgan fingerprint density at radius 3 is 2.12 bits per heavy atom. The van der Waals surface area contributed by atoms with Crippen molar-refractivity contribution in [3.05, 3.63) is 77.3 Å². The quantitative estimate of drug-likeness (QED) is 0.566. The second-order valence-electron chi connectivity index (χ2n) is 5.77. The van der Waals surface area contributed by atoms with E-state index in [1.54, 1.807) is 12.1 Å². The van der Waals surface area contributed by atoms with Crippen molar-refractivity contribution in [2.24, 2.45) is 5.73 Å². The van der Waals surface area contributed by atoms with Gasteiger partial charge in [0.15, 0.2) is 0 Å². The summed E-state index contributed by atoms with van der Waals surface area (Å²) in [6.45, 7) is 0. The van der Waals surface area contributed by atoms with E-state index in [1.807, 2.05) is 54.6 Å². The molecular formula is C20H14ClN3O. The lowest BCUT2D eigenvalue weighted by atomic mass is 10.0. The third kappa shape index (κ3) is 2.99. The number of primary amides is 1. The summed E-state index contributed by atoms with van der Waals surface area (Å²) < 4.78 is 0.